The van der Waals surface area contributed by atoms with Crippen LogP contribution in [0.5, 0.6) is 0 Å². The van der Waals surface area contributed by atoms with Gasteiger partial charge in [0.2, 0.25) is 0 Å². The van der Waals surface area contributed by atoms with Crippen molar-refractivity contribution in [2.75, 3.05) is 5.32 Å². The van der Waals surface area contributed by atoms with Gasteiger partial charge in [0.1, 0.15) is 5.82 Å². The lowest BCUT2D eigenvalue weighted by Crippen LogP contribution is -2.11. The molecule has 21 heavy (non-hydrogen) atoms. The van der Waals surface area contributed by atoms with Gasteiger partial charge in [-0.25, -0.2) is 9.78 Å². The number of hydrogen-bond donors (Lipinski definition) is 2. The second-order valence-corrected chi connectivity index (χ2v) is 5.61. The minimum absolute atomic E-state index is 0.0882. The minimum atomic E-state index is -1.18. The zero-order valence-corrected chi connectivity index (χ0v) is 13.2. The Hall–Kier alpha value is -1.49. The van der Waals surface area contributed by atoms with Gasteiger partial charge >= 0.3 is 5.97 Å². The van der Waals surface area contributed by atoms with Crippen molar-refractivity contribution in [2.45, 2.75) is 13.0 Å². The maximum absolute atomic E-state index is 11.0. The maximum atomic E-state index is 11.0. The number of hydrogen-bond acceptors (Lipinski definition) is 3. The zero-order chi connectivity index (χ0) is 15.6. The summed E-state index contributed by atoms with van der Waals surface area (Å²) in [5.74, 6) is -0.781. The van der Waals surface area contributed by atoms with Crippen LogP contribution in [0.2, 0.25) is 15.1 Å². The summed E-state index contributed by atoms with van der Waals surface area (Å²) in [5.41, 5.74) is 0.630. The second-order valence-electron chi connectivity index (χ2n) is 4.36. The van der Waals surface area contributed by atoms with E-state index in [1.165, 1.54) is 6.07 Å². The van der Waals surface area contributed by atoms with Crippen LogP contribution in [-0.4, -0.2) is 16.1 Å². The maximum Gasteiger partial charge on any atom is 0.356 e. The van der Waals surface area contributed by atoms with Gasteiger partial charge in [-0.2, -0.15) is 0 Å². The summed E-state index contributed by atoms with van der Waals surface area (Å²) in [6.45, 7) is 1.88. The van der Waals surface area contributed by atoms with E-state index in [9.17, 15) is 4.79 Å². The Morgan fingerprint density at radius 1 is 1.19 bits per heavy atom. The van der Waals surface area contributed by atoms with Crippen molar-refractivity contribution in [1.29, 1.82) is 0 Å². The smallest absolute Gasteiger partial charge is 0.356 e. The van der Waals surface area contributed by atoms with Gasteiger partial charge in [-0.15, -0.1) is 0 Å². The van der Waals surface area contributed by atoms with Gasteiger partial charge in [-0.1, -0.05) is 40.9 Å². The van der Waals surface area contributed by atoms with Crippen LogP contribution in [0.4, 0.5) is 5.82 Å². The number of rotatable bonds is 4. The third-order valence-electron chi connectivity index (χ3n) is 2.84. The Morgan fingerprint density at radius 2 is 1.90 bits per heavy atom. The van der Waals surface area contributed by atoms with Crippen molar-refractivity contribution in [3.8, 4) is 0 Å². The van der Waals surface area contributed by atoms with Crippen molar-refractivity contribution in [2.24, 2.45) is 0 Å². The second kappa shape index (κ2) is 6.52. The molecule has 1 unspecified atom stereocenters. The summed E-state index contributed by atoms with van der Waals surface area (Å²) in [7, 11) is 0. The molecule has 2 N–H and O–H groups in total. The molecule has 1 aromatic carbocycles. The van der Waals surface area contributed by atoms with E-state index in [1.807, 2.05) is 6.92 Å². The number of pyridine rings is 1. The number of carbonyl (C=O) groups is 1. The van der Waals surface area contributed by atoms with Crippen LogP contribution in [0.1, 0.15) is 29.0 Å². The van der Waals surface area contributed by atoms with Gasteiger partial charge in [0.25, 0.3) is 0 Å². The normalized spacial score (nSPS) is 12.0. The molecule has 2 aromatic rings. The molecule has 0 radical (unpaired) electrons. The summed E-state index contributed by atoms with van der Waals surface area (Å²) < 4.78 is 0. The van der Waals surface area contributed by atoms with E-state index in [-0.39, 0.29) is 16.8 Å². The standard InChI is InChI=1S/C14H11Cl3N2O2/c1-7(9-3-2-8(15)6-11(9)17)18-12-5-4-10(16)13(19-12)14(20)21/h2-7H,1H3,(H,18,19)(H,20,21). The van der Waals surface area contributed by atoms with Crippen LogP contribution in [0, 0.1) is 0 Å². The lowest BCUT2D eigenvalue weighted by Gasteiger charge is -2.17. The molecule has 0 aliphatic carbocycles. The Morgan fingerprint density at radius 3 is 2.52 bits per heavy atom. The van der Waals surface area contributed by atoms with Crippen LogP contribution in [0.25, 0.3) is 0 Å². The number of halogens is 3. The van der Waals surface area contributed by atoms with Gasteiger partial charge < -0.3 is 10.4 Å². The van der Waals surface area contributed by atoms with Gasteiger partial charge in [-0.3, -0.25) is 0 Å². The summed E-state index contributed by atoms with van der Waals surface area (Å²) in [6, 6.07) is 8.10. The molecule has 0 fully saturated rings. The number of carboxylic acids is 1. The largest absolute Gasteiger partial charge is 0.476 e. The molecule has 0 spiro atoms. The molecule has 0 bridgehead atoms. The lowest BCUT2D eigenvalue weighted by atomic mass is 10.1. The Balaban J connectivity index is 2.25. The molecule has 0 amide bonds. The van der Waals surface area contributed by atoms with Crippen molar-refractivity contribution < 1.29 is 9.90 Å². The quantitative estimate of drug-likeness (QED) is 0.826. The predicted molar refractivity (Wildman–Crippen MR) is 84.7 cm³/mol. The summed E-state index contributed by atoms with van der Waals surface area (Å²) >= 11 is 17.8. The third kappa shape index (κ3) is 3.79. The van der Waals surface area contributed by atoms with Gasteiger partial charge in [-0.05, 0) is 36.8 Å². The summed E-state index contributed by atoms with van der Waals surface area (Å²) in [5, 5.41) is 13.2. The minimum Gasteiger partial charge on any atom is -0.476 e. The average Bonchev–Trinajstić information content (AvgIpc) is 2.40. The average molecular weight is 346 g/mol. The van der Waals surface area contributed by atoms with Crippen LogP contribution in [-0.2, 0) is 0 Å². The monoisotopic (exact) mass is 344 g/mol. The molecule has 4 nitrogen and oxygen atoms in total. The molecule has 1 heterocycles. The predicted octanol–water partition coefficient (Wildman–Crippen LogP) is 4.91. The highest BCUT2D eigenvalue weighted by Gasteiger charge is 2.14. The molecule has 1 aromatic heterocycles. The highest BCUT2D eigenvalue weighted by molar-refractivity contribution is 6.35. The topological polar surface area (TPSA) is 62.2 Å². The van der Waals surface area contributed by atoms with E-state index in [1.54, 1.807) is 24.3 Å². The molecule has 2 rings (SSSR count). The zero-order valence-electron chi connectivity index (χ0n) is 10.9. The van der Waals surface area contributed by atoms with Crippen molar-refractivity contribution in [1.82, 2.24) is 4.98 Å². The SMILES string of the molecule is CC(Nc1ccc(Cl)c(C(=O)O)n1)c1ccc(Cl)cc1Cl. The molecular weight excluding hydrogens is 335 g/mol. The highest BCUT2D eigenvalue weighted by atomic mass is 35.5. The van der Waals surface area contributed by atoms with E-state index in [0.29, 0.717) is 15.9 Å². The van der Waals surface area contributed by atoms with E-state index in [4.69, 9.17) is 39.9 Å². The van der Waals surface area contributed by atoms with Crippen molar-refractivity contribution in [3.05, 3.63) is 56.7 Å². The number of nitrogens with zero attached hydrogens (tertiary/aromatic N) is 1. The fourth-order valence-electron chi connectivity index (χ4n) is 1.82. The highest BCUT2D eigenvalue weighted by Crippen LogP contribution is 2.28. The van der Waals surface area contributed by atoms with Crippen molar-refractivity contribution >= 4 is 46.6 Å². The third-order valence-corrected chi connectivity index (χ3v) is 3.71. The van der Waals surface area contributed by atoms with Crippen LogP contribution in [0.3, 0.4) is 0 Å². The summed E-state index contributed by atoms with van der Waals surface area (Å²) in [4.78, 5) is 15.0. The number of aromatic carboxylic acids is 1. The van der Waals surface area contributed by atoms with E-state index < -0.39 is 5.97 Å². The number of aromatic nitrogens is 1. The molecule has 7 heteroatoms. The molecule has 0 aliphatic rings. The number of nitrogens with one attached hydrogen (secondary N) is 1. The molecule has 1 atom stereocenters. The number of benzene rings is 1. The van der Waals surface area contributed by atoms with Crippen LogP contribution < -0.4 is 5.32 Å². The first-order valence-corrected chi connectivity index (χ1v) is 7.13. The van der Waals surface area contributed by atoms with E-state index in [0.717, 1.165) is 5.56 Å². The fourth-order valence-corrected chi connectivity index (χ4v) is 2.58. The Labute approximate surface area is 136 Å². The summed E-state index contributed by atoms with van der Waals surface area (Å²) in [6.07, 6.45) is 0. The number of anilines is 1. The van der Waals surface area contributed by atoms with Gasteiger partial charge in [0, 0.05) is 10.0 Å². The molecule has 0 saturated carbocycles. The lowest BCUT2D eigenvalue weighted by molar-refractivity contribution is 0.0691. The van der Waals surface area contributed by atoms with Crippen molar-refractivity contribution in [3.63, 3.8) is 0 Å². The van der Waals surface area contributed by atoms with Gasteiger partial charge in [0.05, 0.1) is 11.1 Å². The molecule has 0 aliphatic heterocycles. The van der Waals surface area contributed by atoms with Crippen LogP contribution in [0.15, 0.2) is 30.3 Å². The Kier molecular flexibility index (Phi) is 4.93. The first-order valence-electron chi connectivity index (χ1n) is 6.00. The van der Waals surface area contributed by atoms with Gasteiger partial charge in [0.15, 0.2) is 5.69 Å². The van der Waals surface area contributed by atoms with Crippen LogP contribution >= 0.6 is 34.8 Å². The van der Waals surface area contributed by atoms with E-state index in [2.05, 4.69) is 10.3 Å². The Bertz CT molecular complexity index is 692. The van der Waals surface area contributed by atoms with E-state index >= 15 is 0 Å². The first kappa shape index (κ1) is 15.9. The fraction of sp³-hybridized carbons (Fsp3) is 0.143. The first-order chi connectivity index (χ1) is 9.88. The molecular formula is C14H11Cl3N2O2. The molecule has 110 valence electrons. The number of carboxylic acid groups (broad SMARTS) is 1. The molecule has 0 saturated heterocycles.